The zero-order chi connectivity index (χ0) is 14.5. The first-order chi connectivity index (χ1) is 9.60. The number of rotatable bonds is 5. The van der Waals surface area contributed by atoms with Crippen molar-refractivity contribution >= 4 is 11.4 Å². The highest BCUT2D eigenvalue weighted by atomic mass is 16.6. The molecule has 1 N–H and O–H groups in total. The van der Waals surface area contributed by atoms with Gasteiger partial charge in [-0.15, -0.1) is 0 Å². The molecule has 2 rings (SSSR count). The zero-order valence-electron chi connectivity index (χ0n) is 11.4. The monoisotopic (exact) mass is 272 g/mol. The lowest BCUT2D eigenvalue weighted by Gasteiger charge is -2.16. The van der Waals surface area contributed by atoms with Crippen LogP contribution in [0.4, 0.5) is 11.4 Å². The molecule has 5 nitrogen and oxygen atoms in total. The molecule has 0 radical (unpaired) electrons. The van der Waals surface area contributed by atoms with Gasteiger partial charge >= 0.3 is 0 Å². The SMILES string of the molecule is COc1ccc(C(C)Nc2ccc([N+](=O)[O-])cc2)cc1. The first-order valence-electron chi connectivity index (χ1n) is 6.25. The van der Waals surface area contributed by atoms with E-state index in [2.05, 4.69) is 5.32 Å². The van der Waals surface area contributed by atoms with Crippen LogP contribution in [0.5, 0.6) is 5.75 Å². The Bertz CT molecular complexity index is 579. The van der Waals surface area contributed by atoms with Gasteiger partial charge in [-0.1, -0.05) is 12.1 Å². The Labute approximate surface area is 117 Å². The molecule has 0 fully saturated rings. The molecule has 0 spiro atoms. The van der Waals surface area contributed by atoms with Crippen LogP contribution >= 0.6 is 0 Å². The summed E-state index contributed by atoms with van der Waals surface area (Å²) in [6.45, 7) is 2.03. The van der Waals surface area contributed by atoms with Crippen LogP contribution in [0.25, 0.3) is 0 Å². The Kier molecular flexibility index (Phi) is 4.20. The molecule has 0 bridgehead atoms. The first-order valence-corrected chi connectivity index (χ1v) is 6.25. The summed E-state index contributed by atoms with van der Waals surface area (Å²) in [5, 5.41) is 13.9. The summed E-state index contributed by atoms with van der Waals surface area (Å²) < 4.78 is 5.12. The van der Waals surface area contributed by atoms with Gasteiger partial charge in [0.15, 0.2) is 0 Å². The molecule has 0 aliphatic rings. The minimum atomic E-state index is -0.406. The molecule has 0 amide bonds. The van der Waals surface area contributed by atoms with E-state index < -0.39 is 4.92 Å². The van der Waals surface area contributed by atoms with E-state index in [9.17, 15) is 10.1 Å². The largest absolute Gasteiger partial charge is 0.497 e. The van der Waals surface area contributed by atoms with Gasteiger partial charge in [0, 0.05) is 23.9 Å². The molecule has 0 saturated carbocycles. The normalized spacial score (nSPS) is 11.7. The fourth-order valence-electron chi connectivity index (χ4n) is 1.91. The number of methoxy groups -OCH3 is 1. The van der Waals surface area contributed by atoms with E-state index in [-0.39, 0.29) is 11.7 Å². The van der Waals surface area contributed by atoms with Crippen LogP contribution in [0.3, 0.4) is 0 Å². The predicted octanol–water partition coefficient (Wildman–Crippen LogP) is 3.78. The Morgan fingerprint density at radius 2 is 1.70 bits per heavy atom. The first kappa shape index (κ1) is 13.9. The number of benzene rings is 2. The third kappa shape index (κ3) is 3.26. The number of nitro benzene ring substituents is 1. The molecular formula is C15H16N2O3. The van der Waals surface area contributed by atoms with Gasteiger partial charge in [-0.3, -0.25) is 10.1 Å². The van der Waals surface area contributed by atoms with Crippen LogP contribution in [-0.2, 0) is 0 Å². The molecule has 5 heteroatoms. The second-order valence-electron chi connectivity index (χ2n) is 4.44. The van der Waals surface area contributed by atoms with Crippen molar-refractivity contribution in [3.05, 3.63) is 64.2 Å². The number of nitro groups is 1. The summed E-state index contributed by atoms with van der Waals surface area (Å²) >= 11 is 0. The lowest BCUT2D eigenvalue weighted by atomic mass is 10.1. The van der Waals surface area contributed by atoms with Gasteiger partial charge in [-0.05, 0) is 36.8 Å². The highest BCUT2D eigenvalue weighted by molar-refractivity contribution is 5.50. The van der Waals surface area contributed by atoms with Crippen LogP contribution in [0, 0.1) is 10.1 Å². The summed E-state index contributed by atoms with van der Waals surface area (Å²) in [7, 11) is 1.63. The van der Waals surface area contributed by atoms with Crippen LogP contribution in [0.2, 0.25) is 0 Å². The molecule has 1 atom stereocenters. The maximum absolute atomic E-state index is 10.6. The number of nitrogens with one attached hydrogen (secondary N) is 1. The summed E-state index contributed by atoms with van der Waals surface area (Å²) in [5.41, 5.74) is 2.05. The van der Waals surface area contributed by atoms with E-state index in [1.165, 1.54) is 12.1 Å². The van der Waals surface area contributed by atoms with Crippen LogP contribution in [-0.4, -0.2) is 12.0 Å². The Hall–Kier alpha value is -2.56. The van der Waals surface area contributed by atoms with Crippen LogP contribution < -0.4 is 10.1 Å². The number of ether oxygens (including phenoxy) is 1. The summed E-state index contributed by atoms with van der Waals surface area (Å²) in [5.74, 6) is 0.816. The minimum absolute atomic E-state index is 0.0904. The molecular weight excluding hydrogens is 256 g/mol. The molecule has 0 saturated heterocycles. The van der Waals surface area contributed by atoms with Crippen LogP contribution in [0.1, 0.15) is 18.5 Å². The second-order valence-corrected chi connectivity index (χ2v) is 4.44. The third-order valence-electron chi connectivity index (χ3n) is 3.08. The van der Waals surface area contributed by atoms with Gasteiger partial charge in [0.2, 0.25) is 0 Å². The van der Waals surface area contributed by atoms with E-state index in [0.717, 1.165) is 17.0 Å². The van der Waals surface area contributed by atoms with Crippen molar-refractivity contribution in [1.82, 2.24) is 0 Å². The van der Waals surface area contributed by atoms with Crippen molar-refractivity contribution < 1.29 is 9.66 Å². The summed E-state index contributed by atoms with van der Waals surface area (Å²) in [6.07, 6.45) is 0. The van der Waals surface area contributed by atoms with Crippen molar-refractivity contribution in [2.75, 3.05) is 12.4 Å². The van der Waals surface area contributed by atoms with E-state index in [4.69, 9.17) is 4.74 Å². The van der Waals surface area contributed by atoms with E-state index in [0.29, 0.717) is 0 Å². The highest BCUT2D eigenvalue weighted by Crippen LogP contribution is 2.23. The quantitative estimate of drug-likeness (QED) is 0.664. The molecule has 20 heavy (non-hydrogen) atoms. The fraction of sp³-hybridized carbons (Fsp3) is 0.200. The van der Waals surface area contributed by atoms with Gasteiger partial charge in [0.05, 0.1) is 12.0 Å². The number of anilines is 1. The van der Waals surface area contributed by atoms with E-state index in [1.807, 2.05) is 31.2 Å². The smallest absolute Gasteiger partial charge is 0.269 e. The van der Waals surface area contributed by atoms with Crippen molar-refractivity contribution in [2.24, 2.45) is 0 Å². The molecule has 1 unspecified atom stereocenters. The van der Waals surface area contributed by atoms with Crippen molar-refractivity contribution in [1.29, 1.82) is 0 Å². The van der Waals surface area contributed by atoms with Gasteiger partial charge < -0.3 is 10.1 Å². The molecule has 104 valence electrons. The zero-order valence-corrected chi connectivity index (χ0v) is 11.4. The van der Waals surface area contributed by atoms with Gasteiger partial charge in [0.1, 0.15) is 5.75 Å². The van der Waals surface area contributed by atoms with Crippen molar-refractivity contribution in [2.45, 2.75) is 13.0 Å². The number of non-ortho nitro benzene ring substituents is 1. The highest BCUT2D eigenvalue weighted by Gasteiger charge is 2.07. The lowest BCUT2D eigenvalue weighted by Crippen LogP contribution is -2.06. The standard InChI is InChI=1S/C15H16N2O3/c1-11(12-3-9-15(20-2)10-4-12)16-13-5-7-14(8-6-13)17(18)19/h3-11,16H,1-2H3. The van der Waals surface area contributed by atoms with E-state index in [1.54, 1.807) is 19.2 Å². The second kappa shape index (κ2) is 6.06. The molecule has 0 aliphatic carbocycles. The maximum Gasteiger partial charge on any atom is 0.269 e. The van der Waals surface area contributed by atoms with Crippen LogP contribution in [0.15, 0.2) is 48.5 Å². The minimum Gasteiger partial charge on any atom is -0.497 e. The molecule has 0 aromatic heterocycles. The van der Waals surface area contributed by atoms with Crippen molar-refractivity contribution in [3.8, 4) is 5.75 Å². The Morgan fingerprint density at radius 1 is 1.10 bits per heavy atom. The Balaban J connectivity index is 2.06. The Morgan fingerprint density at radius 3 is 2.20 bits per heavy atom. The third-order valence-corrected chi connectivity index (χ3v) is 3.08. The molecule has 0 aliphatic heterocycles. The molecule has 2 aromatic rings. The lowest BCUT2D eigenvalue weighted by molar-refractivity contribution is -0.384. The predicted molar refractivity (Wildman–Crippen MR) is 78.1 cm³/mol. The average Bonchev–Trinajstić information content (AvgIpc) is 2.48. The van der Waals surface area contributed by atoms with Gasteiger partial charge in [-0.25, -0.2) is 0 Å². The van der Waals surface area contributed by atoms with Gasteiger partial charge in [-0.2, -0.15) is 0 Å². The fourth-order valence-corrected chi connectivity index (χ4v) is 1.91. The summed E-state index contributed by atoms with van der Waals surface area (Å²) in [6, 6.07) is 14.3. The number of hydrogen-bond acceptors (Lipinski definition) is 4. The molecule has 2 aromatic carbocycles. The average molecular weight is 272 g/mol. The van der Waals surface area contributed by atoms with Gasteiger partial charge in [0.25, 0.3) is 5.69 Å². The van der Waals surface area contributed by atoms with Crippen molar-refractivity contribution in [3.63, 3.8) is 0 Å². The number of hydrogen-bond donors (Lipinski definition) is 1. The summed E-state index contributed by atoms with van der Waals surface area (Å²) in [4.78, 5) is 10.2. The molecule has 0 heterocycles. The maximum atomic E-state index is 10.6. The topological polar surface area (TPSA) is 64.4 Å². The number of nitrogens with zero attached hydrogens (tertiary/aromatic N) is 1. The van der Waals surface area contributed by atoms with E-state index >= 15 is 0 Å².